The van der Waals surface area contributed by atoms with E-state index in [4.69, 9.17) is 18.6 Å². The van der Waals surface area contributed by atoms with Crippen LogP contribution in [0.5, 0.6) is 5.75 Å². The number of alkyl carbamates (subject to hydrolysis) is 1. The molecule has 1 saturated carbocycles. The molecule has 40 heavy (non-hydrogen) atoms. The lowest BCUT2D eigenvalue weighted by atomic mass is 9.99. The van der Waals surface area contributed by atoms with Crippen LogP contribution in [-0.4, -0.2) is 24.9 Å². The van der Waals surface area contributed by atoms with Crippen molar-refractivity contribution in [3.63, 3.8) is 0 Å². The Balaban J connectivity index is 1.34. The molecule has 1 fully saturated rings. The largest absolute Gasteiger partial charge is 0.489 e. The Bertz CT molecular complexity index is 1460. The van der Waals surface area contributed by atoms with E-state index in [9.17, 15) is 4.79 Å². The second-order valence-corrected chi connectivity index (χ2v) is 11.4. The normalized spacial score (nSPS) is 13.4. The highest BCUT2D eigenvalue weighted by atomic mass is 16.6. The Morgan fingerprint density at radius 3 is 2.65 bits per heavy atom. The number of rotatable bonds is 11. The second-order valence-electron chi connectivity index (χ2n) is 11.4. The summed E-state index contributed by atoms with van der Waals surface area (Å²) in [6, 6.07) is 21.0. The van der Waals surface area contributed by atoms with E-state index in [-0.39, 0.29) is 0 Å². The highest BCUT2D eigenvalue weighted by molar-refractivity contribution is 5.93. The van der Waals surface area contributed by atoms with E-state index in [1.165, 1.54) is 24.0 Å². The van der Waals surface area contributed by atoms with E-state index in [0.717, 1.165) is 45.4 Å². The standard InChI is InChI=1S/C34H39NO5/c1-5-37-15-13-28-20-26(25-9-10-25)11-12-31(28)39-22-24-18-29-14-16-38-32(29)30(19-24)27-8-6-7-23(17-27)21-35-33(36)40-34(2,3)4/h6-8,11-12,14,16-20,25H,5,9-10,13,15,21-22H2,1-4H3,(H,35,36). The first-order valence-electron chi connectivity index (χ1n) is 14.2. The van der Waals surface area contributed by atoms with Gasteiger partial charge in [-0.05, 0) is 111 Å². The number of benzene rings is 3. The van der Waals surface area contributed by atoms with Crippen molar-refractivity contribution in [2.75, 3.05) is 13.2 Å². The summed E-state index contributed by atoms with van der Waals surface area (Å²) in [6.45, 7) is 9.78. The summed E-state index contributed by atoms with van der Waals surface area (Å²) in [6.07, 6.45) is 4.67. The third-order valence-electron chi connectivity index (χ3n) is 6.93. The molecular weight excluding hydrogens is 502 g/mol. The lowest BCUT2D eigenvalue weighted by Gasteiger charge is -2.19. The van der Waals surface area contributed by atoms with Gasteiger partial charge in [0.15, 0.2) is 0 Å². The van der Waals surface area contributed by atoms with Crippen molar-refractivity contribution in [2.24, 2.45) is 0 Å². The Morgan fingerprint density at radius 2 is 1.88 bits per heavy atom. The van der Waals surface area contributed by atoms with E-state index in [1.807, 2.05) is 45.9 Å². The topological polar surface area (TPSA) is 69.9 Å². The van der Waals surface area contributed by atoms with Gasteiger partial charge < -0.3 is 23.9 Å². The summed E-state index contributed by atoms with van der Waals surface area (Å²) in [5.41, 5.74) is 6.92. The summed E-state index contributed by atoms with van der Waals surface area (Å²) >= 11 is 0. The fraction of sp³-hybridized carbons (Fsp3) is 0.382. The predicted molar refractivity (Wildman–Crippen MR) is 158 cm³/mol. The van der Waals surface area contributed by atoms with Crippen molar-refractivity contribution in [3.8, 4) is 16.9 Å². The zero-order valence-corrected chi connectivity index (χ0v) is 23.9. The molecule has 1 aliphatic carbocycles. The number of hydrogen-bond donors (Lipinski definition) is 1. The van der Waals surface area contributed by atoms with Crippen LogP contribution in [0.1, 0.15) is 68.7 Å². The molecule has 0 bridgehead atoms. The number of carbonyl (C=O) groups is 1. The molecule has 0 aliphatic heterocycles. The highest BCUT2D eigenvalue weighted by Crippen LogP contribution is 2.41. The van der Waals surface area contributed by atoms with Gasteiger partial charge in [-0.25, -0.2) is 4.79 Å². The maximum Gasteiger partial charge on any atom is 0.407 e. The van der Waals surface area contributed by atoms with Crippen LogP contribution in [0.25, 0.3) is 22.1 Å². The third kappa shape index (κ3) is 7.24. The van der Waals surface area contributed by atoms with E-state index in [1.54, 1.807) is 6.26 Å². The summed E-state index contributed by atoms with van der Waals surface area (Å²) in [5.74, 6) is 1.61. The molecule has 0 spiro atoms. The maximum atomic E-state index is 12.1. The maximum absolute atomic E-state index is 12.1. The first-order valence-corrected chi connectivity index (χ1v) is 14.2. The van der Waals surface area contributed by atoms with Gasteiger partial charge in [0, 0.05) is 24.1 Å². The van der Waals surface area contributed by atoms with Gasteiger partial charge in [0.1, 0.15) is 23.5 Å². The van der Waals surface area contributed by atoms with E-state index >= 15 is 0 Å². The quantitative estimate of drug-likeness (QED) is 0.194. The Kier molecular flexibility index (Phi) is 8.46. The molecule has 0 atom stereocenters. The number of amides is 1. The predicted octanol–water partition coefficient (Wildman–Crippen LogP) is 8.16. The van der Waals surface area contributed by atoms with Crippen molar-refractivity contribution in [1.29, 1.82) is 0 Å². The van der Waals surface area contributed by atoms with E-state index < -0.39 is 11.7 Å². The van der Waals surface area contributed by atoms with Crippen LogP contribution in [0.3, 0.4) is 0 Å². The lowest BCUT2D eigenvalue weighted by molar-refractivity contribution is 0.0523. The van der Waals surface area contributed by atoms with E-state index in [2.05, 4.69) is 47.8 Å². The van der Waals surface area contributed by atoms with Gasteiger partial charge in [-0.2, -0.15) is 0 Å². The number of carbonyl (C=O) groups excluding carboxylic acids is 1. The van der Waals surface area contributed by atoms with Crippen LogP contribution in [0.15, 0.2) is 71.3 Å². The molecule has 6 nitrogen and oxygen atoms in total. The average Bonchev–Trinajstić information content (AvgIpc) is 3.67. The summed E-state index contributed by atoms with van der Waals surface area (Å²) in [4.78, 5) is 12.1. The van der Waals surface area contributed by atoms with Crippen LogP contribution >= 0.6 is 0 Å². The van der Waals surface area contributed by atoms with Crippen molar-refractivity contribution >= 4 is 17.1 Å². The third-order valence-corrected chi connectivity index (χ3v) is 6.93. The van der Waals surface area contributed by atoms with Gasteiger partial charge >= 0.3 is 6.09 Å². The van der Waals surface area contributed by atoms with Gasteiger partial charge in [0.2, 0.25) is 0 Å². The first-order chi connectivity index (χ1) is 19.3. The highest BCUT2D eigenvalue weighted by Gasteiger charge is 2.24. The molecule has 4 aromatic rings. The Labute approximate surface area is 236 Å². The van der Waals surface area contributed by atoms with Crippen LogP contribution < -0.4 is 10.1 Å². The fourth-order valence-corrected chi connectivity index (χ4v) is 4.87. The molecule has 1 amide bonds. The number of fused-ring (bicyclic) bond motifs is 1. The number of furan rings is 1. The van der Waals surface area contributed by atoms with Crippen LogP contribution in [0, 0.1) is 0 Å². The van der Waals surface area contributed by atoms with Crippen molar-refractivity contribution < 1.29 is 23.4 Å². The van der Waals surface area contributed by atoms with Gasteiger partial charge in [0.05, 0.1) is 12.9 Å². The lowest BCUT2D eigenvalue weighted by Crippen LogP contribution is -2.32. The summed E-state index contributed by atoms with van der Waals surface area (Å²) in [5, 5.41) is 3.86. The smallest absolute Gasteiger partial charge is 0.407 e. The van der Waals surface area contributed by atoms with Gasteiger partial charge in [-0.15, -0.1) is 0 Å². The van der Waals surface area contributed by atoms with Gasteiger partial charge in [-0.3, -0.25) is 0 Å². The van der Waals surface area contributed by atoms with Crippen LogP contribution in [0.2, 0.25) is 0 Å². The molecule has 210 valence electrons. The van der Waals surface area contributed by atoms with Crippen LogP contribution in [-0.2, 0) is 29.0 Å². The molecule has 1 aliphatic rings. The fourth-order valence-electron chi connectivity index (χ4n) is 4.87. The van der Waals surface area contributed by atoms with E-state index in [0.29, 0.717) is 32.3 Å². The minimum absolute atomic E-state index is 0.369. The molecule has 3 aromatic carbocycles. The number of hydrogen-bond acceptors (Lipinski definition) is 5. The van der Waals surface area contributed by atoms with Gasteiger partial charge in [0.25, 0.3) is 0 Å². The molecular formula is C34H39NO5. The molecule has 0 radical (unpaired) electrons. The van der Waals surface area contributed by atoms with Crippen molar-refractivity contribution in [3.05, 3.63) is 89.2 Å². The minimum atomic E-state index is -0.539. The minimum Gasteiger partial charge on any atom is -0.489 e. The Hall–Kier alpha value is -3.77. The summed E-state index contributed by atoms with van der Waals surface area (Å²) in [7, 11) is 0. The molecule has 0 unspecified atom stereocenters. The Morgan fingerprint density at radius 1 is 1.02 bits per heavy atom. The second kappa shape index (κ2) is 12.2. The molecule has 0 saturated heterocycles. The first kappa shape index (κ1) is 27.8. The molecule has 1 aromatic heterocycles. The zero-order chi connectivity index (χ0) is 28.1. The monoisotopic (exact) mass is 541 g/mol. The molecule has 6 heteroatoms. The number of nitrogens with one attached hydrogen (secondary N) is 1. The van der Waals surface area contributed by atoms with Gasteiger partial charge in [-0.1, -0.05) is 30.3 Å². The number of ether oxygens (including phenoxy) is 3. The van der Waals surface area contributed by atoms with Crippen LogP contribution in [0.4, 0.5) is 4.79 Å². The SMILES string of the molecule is CCOCCc1cc(C2CC2)ccc1OCc1cc(-c2cccc(CNC(=O)OC(C)(C)C)c2)c2occc2c1. The summed E-state index contributed by atoms with van der Waals surface area (Å²) < 4.78 is 23.3. The molecule has 1 N–H and O–H groups in total. The average molecular weight is 542 g/mol. The molecule has 1 heterocycles. The van der Waals surface area contributed by atoms with Crippen molar-refractivity contribution in [2.45, 2.75) is 71.6 Å². The molecule has 5 rings (SSSR count). The zero-order valence-electron chi connectivity index (χ0n) is 23.9. The van der Waals surface area contributed by atoms with Crippen molar-refractivity contribution in [1.82, 2.24) is 5.32 Å².